The van der Waals surface area contributed by atoms with E-state index in [9.17, 15) is 8.42 Å². The summed E-state index contributed by atoms with van der Waals surface area (Å²) in [6.45, 7) is 0. The van der Waals surface area contributed by atoms with E-state index >= 15 is 0 Å². The number of sulfonamides is 1. The van der Waals surface area contributed by atoms with Crippen LogP contribution >= 0.6 is 23.1 Å². The van der Waals surface area contributed by atoms with E-state index in [4.69, 9.17) is 5.73 Å². The van der Waals surface area contributed by atoms with Crippen LogP contribution in [0.5, 0.6) is 0 Å². The Morgan fingerprint density at radius 2 is 1.66 bits per heavy atom. The number of hydrogen-bond acceptors (Lipinski definition) is 7. The highest BCUT2D eigenvalue weighted by molar-refractivity contribution is 8.01. The van der Waals surface area contributed by atoms with Crippen molar-refractivity contribution in [3.63, 3.8) is 0 Å². The highest BCUT2D eigenvalue weighted by atomic mass is 32.2. The summed E-state index contributed by atoms with van der Waals surface area (Å²) in [4.78, 5) is 0.243. The first-order valence-electron chi connectivity index (χ1n) is 8.87. The van der Waals surface area contributed by atoms with E-state index in [0.717, 1.165) is 21.9 Å². The average Bonchev–Trinajstić information content (AvgIpc) is 3.27. The van der Waals surface area contributed by atoms with Crippen LogP contribution in [0.15, 0.2) is 76.0 Å². The minimum Gasteiger partial charge on any atom is -0.374 e. The second kappa shape index (κ2) is 7.10. The zero-order valence-electron chi connectivity index (χ0n) is 15.0. The molecule has 4 aromatic rings. The predicted molar refractivity (Wildman–Crippen MR) is 116 cm³/mol. The monoisotopic (exact) mass is 440 g/mol. The Morgan fingerprint density at radius 3 is 2.34 bits per heavy atom. The molecule has 0 aliphatic heterocycles. The van der Waals surface area contributed by atoms with Gasteiger partial charge in [-0.1, -0.05) is 77.7 Å². The van der Waals surface area contributed by atoms with Crippen LogP contribution < -0.4 is 10.5 Å². The van der Waals surface area contributed by atoms with E-state index in [1.165, 1.54) is 23.1 Å². The summed E-state index contributed by atoms with van der Waals surface area (Å²) < 4.78 is 29.8. The molecule has 0 saturated heterocycles. The Hall–Kier alpha value is -2.46. The van der Waals surface area contributed by atoms with Gasteiger partial charge >= 0.3 is 0 Å². The second-order valence-corrected chi connectivity index (χ2v) is 10.8. The standard InChI is InChI=1S/C20H16N4O2S3/c21-19-22-23-20(28-19)27-18-15-11-5-7-12-6-4-10-14(16(12)15)17(18)24-29(25,26)13-8-2-1-3-9-13/h1-11,17-18,24H,(H2,21,22)/t17-,18+/m0/s1. The van der Waals surface area contributed by atoms with Gasteiger partial charge in [-0.15, -0.1) is 10.2 Å². The fourth-order valence-corrected chi connectivity index (χ4v) is 7.12. The highest BCUT2D eigenvalue weighted by Gasteiger charge is 2.38. The van der Waals surface area contributed by atoms with E-state index in [-0.39, 0.29) is 10.1 Å². The third-order valence-corrected chi connectivity index (χ3v) is 8.51. The molecule has 29 heavy (non-hydrogen) atoms. The molecule has 0 bridgehead atoms. The van der Waals surface area contributed by atoms with Crippen LogP contribution in [0.3, 0.4) is 0 Å². The van der Waals surface area contributed by atoms with Gasteiger partial charge in [0, 0.05) is 0 Å². The van der Waals surface area contributed by atoms with Crippen molar-refractivity contribution in [2.24, 2.45) is 0 Å². The number of nitrogens with zero attached hydrogens (tertiary/aromatic N) is 2. The van der Waals surface area contributed by atoms with Gasteiger partial charge in [-0.05, 0) is 34.0 Å². The molecule has 9 heteroatoms. The molecule has 0 amide bonds. The van der Waals surface area contributed by atoms with Crippen molar-refractivity contribution in [3.05, 3.63) is 77.9 Å². The maximum atomic E-state index is 13.1. The van der Waals surface area contributed by atoms with Gasteiger partial charge < -0.3 is 5.73 Å². The van der Waals surface area contributed by atoms with Gasteiger partial charge in [-0.25, -0.2) is 13.1 Å². The normalized spacial score (nSPS) is 18.3. The van der Waals surface area contributed by atoms with Crippen molar-refractivity contribution in [3.8, 4) is 0 Å². The molecule has 2 atom stereocenters. The Balaban J connectivity index is 1.61. The lowest BCUT2D eigenvalue weighted by atomic mass is 10.1. The fraction of sp³-hybridized carbons (Fsp3) is 0.100. The molecule has 3 aromatic carbocycles. The first kappa shape index (κ1) is 18.6. The lowest BCUT2D eigenvalue weighted by molar-refractivity contribution is 0.557. The molecule has 3 N–H and O–H groups in total. The fourth-order valence-electron chi connectivity index (χ4n) is 3.71. The van der Waals surface area contributed by atoms with E-state index < -0.39 is 16.1 Å². The Kier molecular flexibility index (Phi) is 4.54. The third-order valence-electron chi connectivity index (χ3n) is 4.90. The van der Waals surface area contributed by atoms with Crippen LogP contribution in [-0.2, 0) is 10.0 Å². The molecule has 1 aliphatic rings. The van der Waals surface area contributed by atoms with Crippen LogP contribution in [0, 0.1) is 0 Å². The van der Waals surface area contributed by atoms with Crippen molar-refractivity contribution in [1.82, 2.24) is 14.9 Å². The number of aromatic nitrogens is 2. The van der Waals surface area contributed by atoms with Gasteiger partial charge in [0.2, 0.25) is 15.2 Å². The van der Waals surface area contributed by atoms with Crippen molar-refractivity contribution >= 4 is 49.0 Å². The van der Waals surface area contributed by atoms with E-state index in [2.05, 4.69) is 14.9 Å². The van der Waals surface area contributed by atoms with Gasteiger partial charge in [0.05, 0.1) is 16.2 Å². The summed E-state index contributed by atoms with van der Waals surface area (Å²) in [6.07, 6.45) is 0. The van der Waals surface area contributed by atoms with Gasteiger partial charge in [0.25, 0.3) is 0 Å². The Labute approximate surface area is 176 Å². The van der Waals surface area contributed by atoms with Gasteiger partial charge in [-0.3, -0.25) is 0 Å². The Morgan fingerprint density at radius 1 is 0.931 bits per heavy atom. The number of anilines is 1. The van der Waals surface area contributed by atoms with Crippen LogP contribution in [0.2, 0.25) is 0 Å². The third kappa shape index (κ3) is 3.29. The second-order valence-electron chi connectivity index (χ2n) is 6.65. The molecule has 1 aliphatic carbocycles. The lowest BCUT2D eigenvalue weighted by Crippen LogP contribution is -2.29. The van der Waals surface area contributed by atoms with Crippen LogP contribution in [0.1, 0.15) is 22.4 Å². The summed E-state index contributed by atoms with van der Waals surface area (Å²) in [7, 11) is -3.70. The van der Waals surface area contributed by atoms with Crippen LogP contribution in [0.4, 0.5) is 5.13 Å². The zero-order valence-corrected chi connectivity index (χ0v) is 17.5. The summed E-state index contributed by atoms with van der Waals surface area (Å²) in [5.74, 6) is 0. The zero-order chi connectivity index (χ0) is 20.0. The maximum Gasteiger partial charge on any atom is 0.241 e. The number of rotatable bonds is 5. The largest absolute Gasteiger partial charge is 0.374 e. The predicted octanol–water partition coefficient (Wildman–Crippen LogP) is 4.14. The molecule has 0 radical (unpaired) electrons. The topological polar surface area (TPSA) is 98.0 Å². The smallest absolute Gasteiger partial charge is 0.241 e. The number of hydrogen-bond donors (Lipinski definition) is 2. The number of nitrogen functional groups attached to an aromatic ring is 1. The van der Waals surface area contributed by atoms with Gasteiger partial charge in [-0.2, -0.15) is 0 Å². The molecule has 1 heterocycles. The SMILES string of the molecule is Nc1nnc(S[C@@H]2c3cccc4cccc(c34)[C@@H]2NS(=O)(=O)c2ccccc2)s1. The van der Waals surface area contributed by atoms with Crippen molar-refractivity contribution in [1.29, 1.82) is 0 Å². The minimum atomic E-state index is -3.70. The number of nitrogens with two attached hydrogens (primary N) is 1. The lowest BCUT2D eigenvalue weighted by Gasteiger charge is -2.21. The molecular formula is C20H16N4O2S3. The van der Waals surface area contributed by atoms with Gasteiger partial charge in [0.15, 0.2) is 4.34 Å². The first-order valence-corrected chi connectivity index (χ1v) is 12.1. The van der Waals surface area contributed by atoms with Crippen LogP contribution in [0.25, 0.3) is 10.8 Å². The summed E-state index contributed by atoms with van der Waals surface area (Å²) >= 11 is 2.78. The maximum absolute atomic E-state index is 13.1. The average molecular weight is 441 g/mol. The Bertz CT molecular complexity index is 1300. The molecule has 146 valence electrons. The van der Waals surface area contributed by atoms with Crippen molar-refractivity contribution in [2.45, 2.75) is 20.5 Å². The van der Waals surface area contributed by atoms with Crippen molar-refractivity contribution < 1.29 is 8.42 Å². The quantitative estimate of drug-likeness (QED) is 0.484. The molecule has 5 rings (SSSR count). The summed E-state index contributed by atoms with van der Waals surface area (Å²) in [5, 5.41) is 10.4. The van der Waals surface area contributed by atoms with Gasteiger partial charge in [0.1, 0.15) is 0 Å². The van der Waals surface area contributed by atoms with Crippen molar-refractivity contribution in [2.75, 3.05) is 5.73 Å². The van der Waals surface area contributed by atoms with E-state index in [0.29, 0.717) is 9.47 Å². The van der Waals surface area contributed by atoms with Crippen LogP contribution in [-0.4, -0.2) is 18.6 Å². The first-order chi connectivity index (χ1) is 14.0. The number of benzene rings is 3. The molecule has 1 aromatic heterocycles. The molecular weight excluding hydrogens is 424 g/mol. The summed E-state index contributed by atoms with van der Waals surface area (Å²) in [5.41, 5.74) is 7.79. The summed E-state index contributed by atoms with van der Waals surface area (Å²) in [6, 6.07) is 20.1. The molecule has 0 unspecified atom stereocenters. The molecule has 0 spiro atoms. The number of nitrogens with one attached hydrogen (secondary N) is 1. The number of thioether (sulfide) groups is 1. The molecule has 0 saturated carbocycles. The molecule has 6 nitrogen and oxygen atoms in total. The van der Waals surface area contributed by atoms with E-state index in [1.54, 1.807) is 30.3 Å². The minimum absolute atomic E-state index is 0.179. The highest BCUT2D eigenvalue weighted by Crippen LogP contribution is 2.53. The molecule has 0 fully saturated rings. The van der Waals surface area contributed by atoms with E-state index in [1.807, 2.05) is 36.4 Å².